The fraction of sp³-hybridized carbons (Fsp3) is 0.100. The van der Waals surface area contributed by atoms with Crippen molar-refractivity contribution in [3.63, 3.8) is 0 Å². The highest BCUT2D eigenvalue weighted by Crippen LogP contribution is 2.21. The van der Waals surface area contributed by atoms with E-state index in [0.29, 0.717) is 0 Å². The van der Waals surface area contributed by atoms with E-state index in [1.165, 1.54) is 0 Å². The number of nitrogens with two attached hydrogens (primary N) is 1. The summed E-state index contributed by atoms with van der Waals surface area (Å²) in [5.41, 5.74) is 8.23. The smallest absolute Gasteiger partial charge is 0.147 e. The third-order valence-corrected chi connectivity index (χ3v) is 2.65. The lowest BCUT2D eigenvalue weighted by Crippen LogP contribution is -1.83. The zero-order chi connectivity index (χ0) is 9.97. The molecule has 72 valence electrons. The number of hydrogen-bond acceptors (Lipinski definition) is 3. The first-order valence-corrected chi connectivity index (χ1v) is 5.69. The summed E-state index contributed by atoms with van der Waals surface area (Å²) in [4.78, 5) is 0. The predicted molar refractivity (Wildman–Crippen MR) is 64.1 cm³/mol. The molecule has 0 saturated heterocycles. The molecule has 0 aliphatic carbocycles. The standard InChI is InChI=1S/C10H9IN2O/c11-6-9-5-10(13-14-9)7-1-3-8(12)4-2-7/h1-5H,6,12H2. The van der Waals surface area contributed by atoms with Crippen molar-refractivity contribution < 1.29 is 4.52 Å². The first-order chi connectivity index (χ1) is 6.79. The summed E-state index contributed by atoms with van der Waals surface area (Å²) in [6.07, 6.45) is 0. The average molecular weight is 300 g/mol. The maximum Gasteiger partial charge on any atom is 0.147 e. The van der Waals surface area contributed by atoms with Crippen molar-refractivity contribution in [1.82, 2.24) is 5.16 Å². The van der Waals surface area contributed by atoms with Gasteiger partial charge in [-0.2, -0.15) is 0 Å². The monoisotopic (exact) mass is 300 g/mol. The van der Waals surface area contributed by atoms with E-state index in [9.17, 15) is 0 Å². The molecule has 14 heavy (non-hydrogen) atoms. The number of nitrogens with zero attached hydrogens (tertiary/aromatic N) is 1. The number of alkyl halides is 1. The Hall–Kier alpha value is -1.04. The Kier molecular flexibility index (Phi) is 2.72. The van der Waals surface area contributed by atoms with Gasteiger partial charge in [-0.05, 0) is 12.1 Å². The van der Waals surface area contributed by atoms with Crippen LogP contribution in [0.2, 0.25) is 0 Å². The first-order valence-electron chi connectivity index (χ1n) is 4.17. The first kappa shape index (κ1) is 9.51. The van der Waals surface area contributed by atoms with Gasteiger partial charge < -0.3 is 10.3 Å². The molecule has 2 N–H and O–H groups in total. The van der Waals surface area contributed by atoms with E-state index in [-0.39, 0.29) is 0 Å². The van der Waals surface area contributed by atoms with E-state index < -0.39 is 0 Å². The molecule has 0 fully saturated rings. The summed E-state index contributed by atoms with van der Waals surface area (Å²) in [6, 6.07) is 9.52. The molecule has 0 amide bonds. The SMILES string of the molecule is Nc1ccc(-c2cc(CI)on2)cc1. The largest absolute Gasteiger partial charge is 0.399 e. The number of halogens is 1. The van der Waals surface area contributed by atoms with Gasteiger partial charge in [-0.1, -0.05) is 39.9 Å². The van der Waals surface area contributed by atoms with Gasteiger partial charge in [0, 0.05) is 17.3 Å². The number of anilines is 1. The zero-order valence-electron chi connectivity index (χ0n) is 7.40. The summed E-state index contributed by atoms with van der Waals surface area (Å²) in [6.45, 7) is 0. The molecule has 1 aromatic heterocycles. The van der Waals surface area contributed by atoms with Crippen LogP contribution in [0.25, 0.3) is 11.3 Å². The Morgan fingerprint density at radius 2 is 2.00 bits per heavy atom. The van der Waals surface area contributed by atoms with Crippen LogP contribution in [0.3, 0.4) is 0 Å². The van der Waals surface area contributed by atoms with E-state index in [4.69, 9.17) is 10.3 Å². The van der Waals surface area contributed by atoms with Crippen molar-refractivity contribution in [2.45, 2.75) is 4.43 Å². The van der Waals surface area contributed by atoms with Gasteiger partial charge in [-0.25, -0.2) is 0 Å². The molecule has 0 bridgehead atoms. The molecule has 0 atom stereocenters. The Balaban J connectivity index is 2.34. The maximum absolute atomic E-state index is 5.59. The van der Waals surface area contributed by atoms with Gasteiger partial charge in [0.15, 0.2) is 0 Å². The van der Waals surface area contributed by atoms with Gasteiger partial charge in [0.1, 0.15) is 11.5 Å². The lowest BCUT2D eigenvalue weighted by atomic mass is 10.1. The van der Waals surface area contributed by atoms with Gasteiger partial charge in [0.2, 0.25) is 0 Å². The number of hydrogen-bond donors (Lipinski definition) is 1. The fourth-order valence-corrected chi connectivity index (χ4v) is 1.53. The summed E-state index contributed by atoms with van der Waals surface area (Å²) in [5.74, 6) is 0.887. The van der Waals surface area contributed by atoms with Gasteiger partial charge in [-0.15, -0.1) is 0 Å². The Morgan fingerprint density at radius 3 is 2.57 bits per heavy atom. The minimum Gasteiger partial charge on any atom is -0.399 e. The van der Waals surface area contributed by atoms with Gasteiger partial charge in [-0.3, -0.25) is 0 Å². The molecular weight excluding hydrogens is 291 g/mol. The Bertz CT molecular complexity index is 422. The second-order valence-corrected chi connectivity index (χ2v) is 3.70. The topological polar surface area (TPSA) is 52.0 Å². The zero-order valence-corrected chi connectivity index (χ0v) is 9.56. The third-order valence-electron chi connectivity index (χ3n) is 1.90. The van der Waals surface area contributed by atoms with E-state index in [1.54, 1.807) is 0 Å². The molecule has 0 aliphatic rings. The van der Waals surface area contributed by atoms with Crippen LogP contribution in [0.4, 0.5) is 5.69 Å². The van der Waals surface area contributed by atoms with Crippen molar-refractivity contribution in [3.05, 3.63) is 36.1 Å². The van der Waals surface area contributed by atoms with Crippen LogP contribution in [0.1, 0.15) is 5.76 Å². The number of nitrogen functional groups attached to an aromatic ring is 1. The summed E-state index contributed by atoms with van der Waals surface area (Å²) in [7, 11) is 0. The van der Waals surface area contributed by atoms with Crippen molar-refractivity contribution in [2.75, 3.05) is 5.73 Å². The summed E-state index contributed by atoms with van der Waals surface area (Å²) < 4.78 is 5.94. The molecule has 0 aliphatic heterocycles. The molecule has 3 nitrogen and oxygen atoms in total. The molecule has 2 rings (SSSR count). The van der Waals surface area contributed by atoms with Crippen molar-refractivity contribution in [3.8, 4) is 11.3 Å². The molecule has 0 saturated carbocycles. The summed E-state index contributed by atoms with van der Waals surface area (Å²) >= 11 is 2.24. The van der Waals surface area contributed by atoms with Crippen LogP contribution in [0.15, 0.2) is 34.9 Å². The second-order valence-electron chi connectivity index (χ2n) is 2.93. The predicted octanol–water partition coefficient (Wildman–Crippen LogP) is 2.86. The van der Waals surface area contributed by atoms with Crippen LogP contribution >= 0.6 is 22.6 Å². The highest BCUT2D eigenvalue weighted by molar-refractivity contribution is 14.1. The number of benzene rings is 1. The van der Waals surface area contributed by atoms with Crippen molar-refractivity contribution >= 4 is 28.3 Å². The van der Waals surface area contributed by atoms with Gasteiger partial charge in [0.05, 0.1) is 4.43 Å². The van der Waals surface area contributed by atoms with Crippen LogP contribution in [0, 0.1) is 0 Å². The number of aromatic nitrogens is 1. The summed E-state index contributed by atoms with van der Waals surface area (Å²) in [5, 5.41) is 3.97. The van der Waals surface area contributed by atoms with Crippen LogP contribution in [0.5, 0.6) is 0 Å². The van der Waals surface area contributed by atoms with E-state index in [1.807, 2.05) is 30.3 Å². The minimum atomic E-state index is 0.756. The Morgan fingerprint density at radius 1 is 1.29 bits per heavy atom. The van der Waals surface area contributed by atoms with Gasteiger partial charge >= 0.3 is 0 Å². The molecule has 0 spiro atoms. The number of rotatable bonds is 2. The van der Waals surface area contributed by atoms with Gasteiger partial charge in [0.25, 0.3) is 0 Å². The molecule has 0 radical (unpaired) electrons. The fourth-order valence-electron chi connectivity index (χ4n) is 1.17. The van der Waals surface area contributed by atoms with Crippen LogP contribution in [-0.4, -0.2) is 5.16 Å². The Labute approximate surface area is 95.4 Å². The molecule has 1 heterocycles. The maximum atomic E-state index is 5.59. The second kappa shape index (κ2) is 4.00. The molecular formula is C10H9IN2O. The van der Waals surface area contributed by atoms with Crippen LogP contribution < -0.4 is 5.73 Å². The minimum absolute atomic E-state index is 0.756. The quantitative estimate of drug-likeness (QED) is 0.527. The average Bonchev–Trinajstić information content (AvgIpc) is 2.67. The van der Waals surface area contributed by atoms with Crippen molar-refractivity contribution in [2.24, 2.45) is 0 Å². The molecule has 2 aromatic rings. The third kappa shape index (κ3) is 1.89. The highest BCUT2D eigenvalue weighted by Gasteiger charge is 2.04. The normalized spacial score (nSPS) is 10.4. The lowest BCUT2D eigenvalue weighted by molar-refractivity contribution is 0.399. The molecule has 4 heteroatoms. The van der Waals surface area contributed by atoms with E-state index in [0.717, 1.165) is 27.1 Å². The lowest BCUT2D eigenvalue weighted by Gasteiger charge is -1.95. The molecule has 0 unspecified atom stereocenters. The van der Waals surface area contributed by atoms with E-state index in [2.05, 4.69) is 27.7 Å². The van der Waals surface area contributed by atoms with Crippen LogP contribution in [-0.2, 0) is 4.43 Å². The van der Waals surface area contributed by atoms with E-state index >= 15 is 0 Å². The molecule has 1 aromatic carbocycles. The van der Waals surface area contributed by atoms with Crippen molar-refractivity contribution in [1.29, 1.82) is 0 Å². The highest BCUT2D eigenvalue weighted by atomic mass is 127.